The summed E-state index contributed by atoms with van der Waals surface area (Å²) in [5, 5.41) is 14.4. The van der Waals surface area contributed by atoms with Crippen molar-refractivity contribution in [2.45, 2.75) is 6.42 Å². The maximum Gasteiger partial charge on any atom is 0.209 e. The van der Waals surface area contributed by atoms with E-state index in [-0.39, 0.29) is 0 Å². The van der Waals surface area contributed by atoms with Crippen LogP contribution in [0.2, 0.25) is 0 Å². The molecule has 0 aliphatic rings. The van der Waals surface area contributed by atoms with Crippen molar-refractivity contribution in [1.29, 1.82) is 5.26 Å². The summed E-state index contributed by atoms with van der Waals surface area (Å²) in [6, 6.07) is 13.7. The minimum atomic E-state index is 0.428. The van der Waals surface area contributed by atoms with E-state index in [2.05, 4.69) is 32.7 Å². The Balaban J connectivity index is 1.79. The fourth-order valence-corrected chi connectivity index (χ4v) is 1.89. The van der Waals surface area contributed by atoms with Crippen LogP contribution in [0.5, 0.6) is 0 Å². The van der Waals surface area contributed by atoms with Crippen LogP contribution in [-0.2, 0) is 0 Å². The molecule has 0 fully saturated rings. The summed E-state index contributed by atoms with van der Waals surface area (Å²) < 4.78 is 0. The van der Waals surface area contributed by atoms with Gasteiger partial charge in [-0.3, -0.25) is 15.3 Å². The molecule has 1 heterocycles. The molecule has 0 amide bonds. The Hall–Kier alpha value is -3.39. The first-order valence-electron chi connectivity index (χ1n) is 7.63. The van der Waals surface area contributed by atoms with Gasteiger partial charge in [-0.05, 0) is 24.1 Å². The molecule has 2 rings (SSSR count). The highest BCUT2D eigenvalue weighted by Gasteiger charge is 1.97. The molecule has 1 aromatic carbocycles. The van der Waals surface area contributed by atoms with Gasteiger partial charge in [0.2, 0.25) is 5.96 Å². The topological polar surface area (TPSA) is 73.1 Å². The van der Waals surface area contributed by atoms with E-state index < -0.39 is 0 Å². The molecule has 0 aliphatic heterocycles. The zero-order valence-electron chi connectivity index (χ0n) is 13.3. The van der Waals surface area contributed by atoms with Gasteiger partial charge in [-0.25, -0.2) is 0 Å². The van der Waals surface area contributed by atoms with E-state index >= 15 is 0 Å². The summed E-state index contributed by atoms with van der Waals surface area (Å²) in [4.78, 5) is 8.28. The number of aromatic nitrogens is 1. The van der Waals surface area contributed by atoms with E-state index in [1.165, 1.54) is 5.56 Å². The lowest BCUT2D eigenvalue weighted by atomic mass is 10.2. The molecule has 5 nitrogen and oxygen atoms in total. The smallest absolute Gasteiger partial charge is 0.209 e. The quantitative estimate of drug-likeness (QED) is 0.213. The Morgan fingerprint density at radius 2 is 1.92 bits per heavy atom. The number of nitrogens with zero attached hydrogens (tertiary/aromatic N) is 3. The van der Waals surface area contributed by atoms with Crippen molar-refractivity contribution in [2.75, 3.05) is 11.9 Å². The summed E-state index contributed by atoms with van der Waals surface area (Å²) in [6.45, 7) is 0.581. The highest BCUT2D eigenvalue weighted by atomic mass is 15.2. The van der Waals surface area contributed by atoms with Crippen LogP contribution in [0, 0.1) is 11.5 Å². The Morgan fingerprint density at radius 1 is 1.12 bits per heavy atom. The largest absolute Gasteiger partial charge is 0.325 e. The molecule has 0 radical (unpaired) electrons. The summed E-state index contributed by atoms with van der Waals surface area (Å²) in [7, 11) is 0. The molecule has 24 heavy (non-hydrogen) atoms. The van der Waals surface area contributed by atoms with Gasteiger partial charge >= 0.3 is 0 Å². The van der Waals surface area contributed by atoms with Crippen LogP contribution < -0.4 is 10.6 Å². The molecule has 0 saturated carbocycles. The molecule has 0 aliphatic carbocycles. The number of hydrogen-bond acceptors (Lipinski definition) is 3. The molecule has 120 valence electrons. The third-order valence-corrected chi connectivity index (χ3v) is 3.02. The number of nitrogens with one attached hydrogen (secondary N) is 2. The van der Waals surface area contributed by atoms with E-state index in [4.69, 9.17) is 5.26 Å². The van der Waals surface area contributed by atoms with Gasteiger partial charge < -0.3 is 5.32 Å². The number of hydrogen-bond donors (Lipinski definition) is 2. The van der Waals surface area contributed by atoms with Crippen molar-refractivity contribution in [3.8, 4) is 6.19 Å². The predicted molar refractivity (Wildman–Crippen MR) is 98.1 cm³/mol. The van der Waals surface area contributed by atoms with Crippen LogP contribution >= 0.6 is 0 Å². The van der Waals surface area contributed by atoms with E-state index in [1.807, 2.05) is 60.8 Å². The molecule has 2 N–H and O–H groups in total. The second-order valence-electron chi connectivity index (χ2n) is 4.81. The third-order valence-electron chi connectivity index (χ3n) is 3.02. The third kappa shape index (κ3) is 6.58. The second-order valence-corrected chi connectivity index (χ2v) is 4.81. The fourth-order valence-electron chi connectivity index (χ4n) is 1.89. The first kappa shape index (κ1) is 17.0. The van der Waals surface area contributed by atoms with Gasteiger partial charge in [0, 0.05) is 24.6 Å². The molecular weight excluding hydrogens is 298 g/mol. The summed E-state index contributed by atoms with van der Waals surface area (Å²) in [5.74, 6) is 0.428. The van der Waals surface area contributed by atoms with Crippen molar-refractivity contribution in [2.24, 2.45) is 4.99 Å². The van der Waals surface area contributed by atoms with Crippen LogP contribution in [-0.4, -0.2) is 17.5 Å². The number of nitriles is 1. The van der Waals surface area contributed by atoms with Crippen LogP contribution in [0.25, 0.3) is 6.08 Å². The first-order valence-corrected chi connectivity index (χ1v) is 7.63. The van der Waals surface area contributed by atoms with E-state index in [9.17, 15) is 0 Å². The average Bonchev–Trinajstić information content (AvgIpc) is 2.63. The highest BCUT2D eigenvalue weighted by Crippen LogP contribution is 2.03. The Morgan fingerprint density at radius 3 is 2.67 bits per heavy atom. The summed E-state index contributed by atoms with van der Waals surface area (Å²) >= 11 is 0. The second kappa shape index (κ2) is 10.4. The number of pyridine rings is 1. The Bertz CT molecular complexity index is 727. The van der Waals surface area contributed by atoms with E-state index in [0.717, 1.165) is 12.1 Å². The fraction of sp³-hybridized carbons (Fsp3) is 0.105. The lowest BCUT2D eigenvalue weighted by Gasteiger charge is -2.06. The maximum atomic E-state index is 8.78. The lowest BCUT2D eigenvalue weighted by Crippen LogP contribution is -2.27. The van der Waals surface area contributed by atoms with Crippen molar-refractivity contribution < 1.29 is 0 Å². The molecule has 2 aromatic rings. The van der Waals surface area contributed by atoms with Gasteiger partial charge in [0.25, 0.3) is 0 Å². The molecule has 0 unspecified atom stereocenters. The van der Waals surface area contributed by atoms with Gasteiger partial charge in [0.1, 0.15) is 0 Å². The monoisotopic (exact) mass is 317 g/mol. The molecule has 0 atom stereocenters. The van der Waals surface area contributed by atoms with Crippen molar-refractivity contribution in [1.82, 2.24) is 10.3 Å². The zero-order chi connectivity index (χ0) is 16.9. The van der Waals surface area contributed by atoms with Crippen molar-refractivity contribution in [3.63, 3.8) is 0 Å². The number of guanidine groups is 1. The molecule has 0 saturated heterocycles. The standard InChI is InChI=1S/C19H19N5/c20-16-23-19(24-18-11-14-21-15-12-18)22-13-7-2-1-4-8-17-9-5-3-6-10-17/h1-6,8-12,14-15H,7,13H2,(H2,21,22,23,24). The molecule has 0 spiro atoms. The van der Waals surface area contributed by atoms with Gasteiger partial charge in [-0.15, -0.1) is 0 Å². The number of benzene rings is 1. The van der Waals surface area contributed by atoms with Gasteiger partial charge in [0.05, 0.1) is 0 Å². The summed E-state index contributed by atoms with van der Waals surface area (Å²) in [6.07, 6.45) is 14.1. The maximum absolute atomic E-state index is 8.78. The number of allylic oxidation sites excluding steroid dienone is 2. The molecule has 5 heteroatoms. The molecule has 0 bridgehead atoms. The normalized spacial score (nSPS) is 11.5. The SMILES string of the molecule is N#CNC(=NCCC=CC=Cc1ccccc1)Nc1ccncc1. The predicted octanol–water partition coefficient (Wildman–Crippen LogP) is 3.58. The first-order chi connectivity index (χ1) is 11.9. The highest BCUT2D eigenvalue weighted by molar-refractivity contribution is 5.94. The van der Waals surface area contributed by atoms with Crippen LogP contribution in [0.1, 0.15) is 12.0 Å². The van der Waals surface area contributed by atoms with Crippen LogP contribution in [0.15, 0.2) is 78.1 Å². The average molecular weight is 317 g/mol. The Labute approximate surface area is 142 Å². The van der Waals surface area contributed by atoms with Crippen molar-refractivity contribution >= 4 is 17.7 Å². The number of anilines is 1. The minimum absolute atomic E-state index is 0.428. The lowest BCUT2D eigenvalue weighted by molar-refractivity contribution is 0.991. The summed E-state index contributed by atoms with van der Waals surface area (Å²) in [5.41, 5.74) is 2.00. The van der Waals surface area contributed by atoms with Crippen LogP contribution in [0.4, 0.5) is 5.69 Å². The zero-order valence-corrected chi connectivity index (χ0v) is 13.3. The Kier molecular flexibility index (Phi) is 7.32. The van der Waals surface area contributed by atoms with Gasteiger partial charge in [0.15, 0.2) is 6.19 Å². The minimum Gasteiger partial charge on any atom is -0.325 e. The molecule has 1 aromatic heterocycles. The number of aliphatic imine (C=N–C) groups is 1. The van der Waals surface area contributed by atoms with Crippen molar-refractivity contribution in [3.05, 3.63) is 78.6 Å². The van der Waals surface area contributed by atoms with Gasteiger partial charge in [-0.2, -0.15) is 5.26 Å². The van der Waals surface area contributed by atoms with E-state index in [0.29, 0.717) is 12.5 Å². The van der Waals surface area contributed by atoms with Crippen LogP contribution in [0.3, 0.4) is 0 Å². The van der Waals surface area contributed by atoms with E-state index in [1.54, 1.807) is 12.4 Å². The molecular formula is C19H19N5. The number of rotatable bonds is 6. The van der Waals surface area contributed by atoms with Gasteiger partial charge in [-0.1, -0.05) is 54.6 Å².